The van der Waals surface area contributed by atoms with Gasteiger partial charge in [-0.2, -0.15) is 5.26 Å². The topological polar surface area (TPSA) is 110 Å². The molecule has 1 aromatic rings. The molecule has 7 heteroatoms. The van der Waals surface area contributed by atoms with Crippen LogP contribution in [0.1, 0.15) is 18.1 Å². The quantitative estimate of drug-likeness (QED) is 0.698. The van der Waals surface area contributed by atoms with E-state index in [1.807, 2.05) is 6.07 Å². The third kappa shape index (κ3) is 4.01. The van der Waals surface area contributed by atoms with Gasteiger partial charge in [-0.15, -0.1) is 0 Å². The Balaban J connectivity index is 2.99. The molecular formula is C12H16N2O4S. The van der Waals surface area contributed by atoms with Gasteiger partial charge >= 0.3 is 0 Å². The number of benzene rings is 1. The first-order chi connectivity index (χ1) is 8.72. The van der Waals surface area contributed by atoms with E-state index in [-0.39, 0.29) is 11.4 Å². The van der Waals surface area contributed by atoms with Crippen molar-refractivity contribution in [2.45, 2.75) is 24.3 Å². The Morgan fingerprint density at radius 1 is 1.47 bits per heavy atom. The second kappa shape index (κ2) is 5.67. The highest BCUT2D eigenvalue weighted by atomic mass is 32.2. The van der Waals surface area contributed by atoms with Crippen molar-refractivity contribution in [3.05, 3.63) is 29.3 Å². The average Bonchev–Trinajstić information content (AvgIpc) is 2.36. The van der Waals surface area contributed by atoms with Gasteiger partial charge < -0.3 is 10.2 Å². The highest BCUT2D eigenvalue weighted by Gasteiger charge is 2.24. The molecule has 1 atom stereocenters. The summed E-state index contributed by atoms with van der Waals surface area (Å²) in [6.45, 7) is 2.05. The van der Waals surface area contributed by atoms with E-state index in [4.69, 9.17) is 10.4 Å². The summed E-state index contributed by atoms with van der Waals surface area (Å²) in [5, 5.41) is 27.2. The van der Waals surface area contributed by atoms with E-state index in [2.05, 4.69) is 4.72 Å². The molecule has 0 saturated carbocycles. The first kappa shape index (κ1) is 15.6. The zero-order valence-electron chi connectivity index (χ0n) is 10.7. The number of nitrogens with zero attached hydrogens (tertiary/aromatic N) is 1. The Morgan fingerprint density at radius 2 is 2.11 bits per heavy atom. The van der Waals surface area contributed by atoms with Crippen molar-refractivity contribution in [1.82, 2.24) is 4.72 Å². The van der Waals surface area contributed by atoms with Gasteiger partial charge in [0.1, 0.15) is 0 Å². The summed E-state index contributed by atoms with van der Waals surface area (Å²) < 4.78 is 26.3. The largest absolute Gasteiger partial charge is 0.393 e. The lowest BCUT2D eigenvalue weighted by molar-refractivity contribution is 0.00681. The van der Waals surface area contributed by atoms with E-state index in [0.29, 0.717) is 11.1 Å². The fraction of sp³-hybridized carbons (Fsp3) is 0.417. The summed E-state index contributed by atoms with van der Waals surface area (Å²) in [4.78, 5) is 0.0419. The lowest BCUT2D eigenvalue weighted by Crippen LogP contribution is -2.43. The van der Waals surface area contributed by atoms with Gasteiger partial charge in [-0.05, 0) is 37.6 Å². The number of hydrogen-bond donors (Lipinski definition) is 3. The number of sulfonamides is 1. The van der Waals surface area contributed by atoms with Crippen LogP contribution >= 0.6 is 0 Å². The molecule has 0 heterocycles. The standard InChI is InChI=1S/C12H16N2O4S/c1-9-5-10(6-13)3-4-11(9)19(17,18)14-7-12(2,16)8-15/h3-5,14-16H,7-8H2,1-2H3. The molecule has 0 saturated heterocycles. The molecule has 0 radical (unpaired) electrons. The molecule has 0 fully saturated rings. The maximum absolute atomic E-state index is 12.0. The summed E-state index contributed by atoms with van der Waals surface area (Å²) >= 11 is 0. The van der Waals surface area contributed by atoms with Crippen LogP contribution in [-0.4, -0.2) is 37.4 Å². The second-order valence-electron chi connectivity index (χ2n) is 4.57. The maximum Gasteiger partial charge on any atom is 0.240 e. The van der Waals surface area contributed by atoms with Crippen molar-refractivity contribution in [2.75, 3.05) is 13.2 Å². The van der Waals surface area contributed by atoms with Crippen molar-refractivity contribution >= 4 is 10.0 Å². The zero-order valence-corrected chi connectivity index (χ0v) is 11.5. The molecule has 1 unspecified atom stereocenters. The molecule has 0 aliphatic heterocycles. The first-order valence-corrected chi connectivity index (χ1v) is 7.04. The summed E-state index contributed by atoms with van der Waals surface area (Å²) in [6, 6.07) is 6.14. The maximum atomic E-state index is 12.0. The summed E-state index contributed by atoms with van der Waals surface area (Å²) in [7, 11) is -3.79. The molecule has 0 aromatic heterocycles. The van der Waals surface area contributed by atoms with E-state index >= 15 is 0 Å². The lowest BCUT2D eigenvalue weighted by Gasteiger charge is -2.20. The van der Waals surface area contributed by atoms with Gasteiger partial charge in [-0.3, -0.25) is 0 Å². The van der Waals surface area contributed by atoms with Gasteiger partial charge in [0.05, 0.1) is 28.7 Å². The Bertz CT molecular complexity index is 603. The van der Waals surface area contributed by atoms with E-state index in [0.717, 1.165) is 0 Å². The smallest absolute Gasteiger partial charge is 0.240 e. The molecule has 104 valence electrons. The molecule has 19 heavy (non-hydrogen) atoms. The summed E-state index contributed by atoms with van der Waals surface area (Å²) in [6.07, 6.45) is 0. The summed E-state index contributed by atoms with van der Waals surface area (Å²) in [5.41, 5.74) is -0.706. The van der Waals surface area contributed by atoms with Crippen LogP contribution in [0.3, 0.4) is 0 Å². The second-order valence-corrected chi connectivity index (χ2v) is 6.31. The van der Waals surface area contributed by atoms with Crippen LogP contribution in [0.2, 0.25) is 0 Å². The van der Waals surface area contributed by atoms with E-state index in [1.54, 1.807) is 6.92 Å². The Hall–Kier alpha value is -1.46. The molecule has 0 spiro atoms. The molecule has 0 aliphatic rings. The molecule has 1 aromatic carbocycles. The van der Waals surface area contributed by atoms with Gasteiger partial charge in [-0.25, -0.2) is 13.1 Å². The van der Waals surface area contributed by atoms with Crippen LogP contribution in [0, 0.1) is 18.3 Å². The van der Waals surface area contributed by atoms with E-state index < -0.39 is 22.2 Å². The van der Waals surface area contributed by atoms with Crippen LogP contribution in [0.15, 0.2) is 23.1 Å². The molecule has 0 aliphatic carbocycles. The third-order valence-corrected chi connectivity index (χ3v) is 4.14. The lowest BCUT2D eigenvalue weighted by atomic mass is 10.1. The fourth-order valence-corrected chi connectivity index (χ4v) is 2.79. The van der Waals surface area contributed by atoms with E-state index in [9.17, 15) is 13.5 Å². The number of rotatable bonds is 5. The van der Waals surface area contributed by atoms with Crippen molar-refractivity contribution in [3.63, 3.8) is 0 Å². The van der Waals surface area contributed by atoms with Crippen molar-refractivity contribution in [3.8, 4) is 6.07 Å². The summed E-state index contributed by atoms with van der Waals surface area (Å²) in [5.74, 6) is 0. The molecule has 6 nitrogen and oxygen atoms in total. The highest BCUT2D eigenvalue weighted by molar-refractivity contribution is 7.89. The predicted molar refractivity (Wildman–Crippen MR) is 68.8 cm³/mol. The van der Waals surface area contributed by atoms with Gasteiger partial charge in [-0.1, -0.05) is 0 Å². The number of aliphatic hydroxyl groups excluding tert-OH is 1. The van der Waals surface area contributed by atoms with Crippen LogP contribution in [-0.2, 0) is 10.0 Å². The van der Waals surface area contributed by atoms with Crippen molar-refractivity contribution in [1.29, 1.82) is 5.26 Å². The minimum Gasteiger partial charge on any atom is -0.393 e. The number of nitriles is 1. The third-order valence-electron chi connectivity index (χ3n) is 2.58. The van der Waals surface area contributed by atoms with Crippen LogP contribution in [0.4, 0.5) is 0 Å². The van der Waals surface area contributed by atoms with E-state index in [1.165, 1.54) is 25.1 Å². The number of hydrogen-bond acceptors (Lipinski definition) is 5. The van der Waals surface area contributed by atoms with Crippen LogP contribution in [0.5, 0.6) is 0 Å². The van der Waals surface area contributed by atoms with Crippen LogP contribution < -0.4 is 4.72 Å². The van der Waals surface area contributed by atoms with Crippen molar-refractivity contribution < 1.29 is 18.6 Å². The average molecular weight is 284 g/mol. The number of aliphatic hydroxyl groups is 2. The fourth-order valence-electron chi connectivity index (χ4n) is 1.40. The zero-order chi connectivity index (χ0) is 14.7. The van der Waals surface area contributed by atoms with Crippen molar-refractivity contribution in [2.24, 2.45) is 0 Å². The minimum atomic E-state index is -3.79. The Morgan fingerprint density at radius 3 is 2.58 bits per heavy atom. The predicted octanol–water partition coefficient (Wildman–Crippen LogP) is -0.112. The van der Waals surface area contributed by atoms with Gasteiger partial charge in [0.2, 0.25) is 10.0 Å². The molecule has 3 N–H and O–H groups in total. The molecule has 1 rings (SSSR count). The molecule has 0 amide bonds. The molecular weight excluding hydrogens is 268 g/mol. The van der Waals surface area contributed by atoms with Gasteiger partial charge in [0, 0.05) is 6.54 Å². The van der Waals surface area contributed by atoms with Crippen LogP contribution in [0.25, 0.3) is 0 Å². The first-order valence-electron chi connectivity index (χ1n) is 5.55. The SMILES string of the molecule is Cc1cc(C#N)ccc1S(=O)(=O)NCC(C)(O)CO. The Labute approximate surface area is 112 Å². The molecule has 0 bridgehead atoms. The normalized spacial score (nSPS) is 14.7. The monoisotopic (exact) mass is 284 g/mol. The minimum absolute atomic E-state index is 0.0419. The number of aryl methyl sites for hydroxylation is 1. The van der Waals surface area contributed by atoms with Gasteiger partial charge in [0.25, 0.3) is 0 Å². The van der Waals surface area contributed by atoms with Gasteiger partial charge in [0.15, 0.2) is 0 Å². The number of nitrogens with one attached hydrogen (secondary N) is 1. The highest BCUT2D eigenvalue weighted by Crippen LogP contribution is 2.16. The Kier molecular flexibility index (Phi) is 4.66.